The number of aryl methyl sites for hydroxylation is 1. The average molecular weight is 323 g/mol. The maximum absolute atomic E-state index is 12.0. The molecule has 2 aromatic carbocycles. The maximum atomic E-state index is 12.0. The normalized spacial score (nSPS) is 10.4. The van der Waals surface area contributed by atoms with E-state index >= 15 is 0 Å². The van der Waals surface area contributed by atoms with Crippen molar-refractivity contribution in [2.75, 3.05) is 11.9 Å². The van der Waals surface area contributed by atoms with Gasteiger partial charge in [0, 0.05) is 17.7 Å². The SMILES string of the molecule is CCc1nnc(-c2cccc(NC(=O)COc3ccccc3)c2)o1. The second-order valence-electron chi connectivity index (χ2n) is 5.09. The Kier molecular flexibility index (Phi) is 4.86. The molecule has 1 N–H and O–H groups in total. The standard InChI is InChI=1S/C18H17N3O3/c1-2-17-20-21-18(24-17)13-7-6-8-14(11-13)19-16(22)12-23-15-9-4-3-5-10-15/h3-11H,2,12H2,1H3,(H,19,22). The Morgan fingerprint density at radius 2 is 1.96 bits per heavy atom. The number of anilines is 1. The van der Waals surface area contributed by atoms with Crippen LogP contribution in [0.25, 0.3) is 11.5 Å². The molecule has 122 valence electrons. The van der Waals surface area contributed by atoms with E-state index in [1.54, 1.807) is 24.3 Å². The summed E-state index contributed by atoms with van der Waals surface area (Å²) in [6.45, 7) is 1.88. The predicted molar refractivity (Wildman–Crippen MR) is 89.7 cm³/mol. The van der Waals surface area contributed by atoms with Gasteiger partial charge in [-0.1, -0.05) is 31.2 Å². The Bertz CT molecular complexity index is 815. The molecule has 0 radical (unpaired) electrons. The van der Waals surface area contributed by atoms with Gasteiger partial charge in [0.05, 0.1) is 0 Å². The number of amides is 1. The van der Waals surface area contributed by atoms with Crippen molar-refractivity contribution in [2.45, 2.75) is 13.3 Å². The van der Waals surface area contributed by atoms with E-state index in [9.17, 15) is 4.79 Å². The van der Waals surface area contributed by atoms with Crippen LogP contribution < -0.4 is 10.1 Å². The summed E-state index contributed by atoms with van der Waals surface area (Å²) in [5.74, 6) is 1.43. The first-order chi connectivity index (χ1) is 11.7. The number of nitrogens with zero attached hydrogens (tertiary/aromatic N) is 2. The minimum absolute atomic E-state index is 0.0607. The molecule has 0 fully saturated rings. The lowest BCUT2D eigenvalue weighted by Gasteiger charge is -2.08. The van der Waals surface area contributed by atoms with Crippen LogP contribution in [0.15, 0.2) is 59.0 Å². The third kappa shape index (κ3) is 3.98. The van der Waals surface area contributed by atoms with Crippen LogP contribution in [0.4, 0.5) is 5.69 Å². The van der Waals surface area contributed by atoms with Crippen molar-refractivity contribution in [1.82, 2.24) is 10.2 Å². The van der Waals surface area contributed by atoms with Crippen LogP contribution in [0.1, 0.15) is 12.8 Å². The molecule has 0 saturated carbocycles. The van der Waals surface area contributed by atoms with E-state index in [1.165, 1.54) is 0 Å². The van der Waals surface area contributed by atoms with Gasteiger partial charge >= 0.3 is 0 Å². The van der Waals surface area contributed by atoms with Crippen LogP contribution in [-0.4, -0.2) is 22.7 Å². The fourth-order valence-electron chi connectivity index (χ4n) is 2.11. The number of aromatic nitrogens is 2. The van der Waals surface area contributed by atoms with E-state index < -0.39 is 0 Å². The van der Waals surface area contributed by atoms with Crippen LogP contribution in [0, 0.1) is 0 Å². The van der Waals surface area contributed by atoms with Crippen molar-refractivity contribution in [2.24, 2.45) is 0 Å². The first-order valence-corrected chi connectivity index (χ1v) is 7.65. The number of benzene rings is 2. The molecule has 0 aliphatic rings. The van der Waals surface area contributed by atoms with Gasteiger partial charge < -0.3 is 14.5 Å². The molecule has 6 nitrogen and oxygen atoms in total. The van der Waals surface area contributed by atoms with E-state index in [-0.39, 0.29) is 12.5 Å². The molecule has 0 bridgehead atoms. The highest BCUT2D eigenvalue weighted by molar-refractivity contribution is 5.92. The van der Waals surface area contributed by atoms with E-state index in [1.807, 2.05) is 37.3 Å². The molecule has 0 saturated heterocycles. The Morgan fingerprint density at radius 1 is 1.12 bits per heavy atom. The molecule has 24 heavy (non-hydrogen) atoms. The van der Waals surface area contributed by atoms with Crippen molar-refractivity contribution in [3.8, 4) is 17.2 Å². The molecule has 1 amide bonds. The zero-order chi connectivity index (χ0) is 16.8. The van der Waals surface area contributed by atoms with Crippen molar-refractivity contribution < 1.29 is 13.9 Å². The minimum atomic E-state index is -0.240. The molecule has 1 heterocycles. The summed E-state index contributed by atoms with van der Waals surface area (Å²) in [6.07, 6.45) is 0.681. The number of nitrogens with one attached hydrogen (secondary N) is 1. The number of carbonyl (C=O) groups is 1. The summed E-state index contributed by atoms with van der Waals surface area (Å²) in [6, 6.07) is 16.4. The molecule has 0 aliphatic heterocycles. The third-order valence-corrected chi connectivity index (χ3v) is 3.28. The van der Waals surface area contributed by atoms with Gasteiger partial charge in [0.25, 0.3) is 5.91 Å². The van der Waals surface area contributed by atoms with Crippen molar-refractivity contribution in [1.29, 1.82) is 0 Å². The summed E-state index contributed by atoms with van der Waals surface area (Å²) in [7, 11) is 0. The summed E-state index contributed by atoms with van der Waals surface area (Å²) >= 11 is 0. The Balaban J connectivity index is 1.62. The molecule has 0 aliphatic carbocycles. The lowest BCUT2D eigenvalue weighted by Crippen LogP contribution is -2.20. The number of rotatable bonds is 6. The van der Waals surface area contributed by atoms with E-state index in [0.29, 0.717) is 29.6 Å². The lowest BCUT2D eigenvalue weighted by atomic mass is 10.2. The van der Waals surface area contributed by atoms with Gasteiger partial charge in [-0.15, -0.1) is 10.2 Å². The minimum Gasteiger partial charge on any atom is -0.484 e. The highest BCUT2D eigenvalue weighted by Crippen LogP contribution is 2.21. The van der Waals surface area contributed by atoms with Gasteiger partial charge in [-0.2, -0.15) is 0 Å². The molecular weight excluding hydrogens is 306 g/mol. The quantitative estimate of drug-likeness (QED) is 0.753. The average Bonchev–Trinajstić information content (AvgIpc) is 3.10. The van der Waals surface area contributed by atoms with Crippen LogP contribution in [-0.2, 0) is 11.2 Å². The highest BCUT2D eigenvalue weighted by Gasteiger charge is 2.09. The monoisotopic (exact) mass is 323 g/mol. The second-order valence-corrected chi connectivity index (χ2v) is 5.09. The van der Waals surface area contributed by atoms with E-state index in [2.05, 4.69) is 15.5 Å². The van der Waals surface area contributed by atoms with Crippen molar-refractivity contribution in [3.05, 3.63) is 60.5 Å². The summed E-state index contributed by atoms with van der Waals surface area (Å²) < 4.78 is 10.9. The molecule has 0 atom stereocenters. The van der Waals surface area contributed by atoms with Crippen LogP contribution in [0.5, 0.6) is 5.75 Å². The first-order valence-electron chi connectivity index (χ1n) is 7.65. The Hall–Kier alpha value is -3.15. The van der Waals surface area contributed by atoms with Gasteiger partial charge in [-0.3, -0.25) is 4.79 Å². The second kappa shape index (κ2) is 7.41. The number of hydrogen-bond donors (Lipinski definition) is 1. The fourth-order valence-corrected chi connectivity index (χ4v) is 2.11. The molecule has 0 unspecified atom stereocenters. The number of carbonyl (C=O) groups excluding carboxylic acids is 1. The van der Waals surface area contributed by atoms with E-state index in [0.717, 1.165) is 5.56 Å². The maximum Gasteiger partial charge on any atom is 0.262 e. The smallest absolute Gasteiger partial charge is 0.262 e. The van der Waals surface area contributed by atoms with Crippen LogP contribution >= 0.6 is 0 Å². The van der Waals surface area contributed by atoms with Crippen molar-refractivity contribution in [3.63, 3.8) is 0 Å². The summed E-state index contributed by atoms with van der Waals surface area (Å²) in [5, 5.41) is 10.7. The van der Waals surface area contributed by atoms with Gasteiger partial charge in [0.1, 0.15) is 5.75 Å². The van der Waals surface area contributed by atoms with Gasteiger partial charge in [0.2, 0.25) is 11.8 Å². The van der Waals surface area contributed by atoms with Crippen molar-refractivity contribution >= 4 is 11.6 Å². The highest BCUT2D eigenvalue weighted by atomic mass is 16.5. The zero-order valence-electron chi connectivity index (χ0n) is 13.2. The van der Waals surface area contributed by atoms with Gasteiger partial charge in [-0.05, 0) is 30.3 Å². The largest absolute Gasteiger partial charge is 0.484 e. The van der Waals surface area contributed by atoms with Crippen LogP contribution in [0.2, 0.25) is 0 Å². The first kappa shape index (κ1) is 15.7. The third-order valence-electron chi connectivity index (χ3n) is 3.28. The molecule has 6 heteroatoms. The van der Waals surface area contributed by atoms with Crippen LogP contribution in [0.3, 0.4) is 0 Å². The topological polar surface area (TPSA) is 77.2 Å². The molecule has 3 aromatic rings. The fraction of sp³-hybridized carbons (Fsp3) is 0.167. The number of para-hydroxylation sites is 1. The molecule has 1 aromatic heterocycles. The summed E-state index contributed by atoms with van der Waals surface area (Å²) in [4.78, 5) is 12.0. The molecular formula is C18H17N3O3. The number of ether oxygens (including phenoxy) is 1. The van der Waals surface area contributed by atoms with Gasteiger partial charge in [-0.25, -0.2) is 0 Å². The van der Waals surface area contributed by atoms with E-state index in [4.69, 9.17) is 9.15 Å². The van der Waals surface area contributed by atoms with Gasteiger partial charge in [0.15, 0.2) is 6.61 Å². The number of hydrogen-bond acceptors (Lipinski definition) is 5. The predicted octanol–water partition coefficient (Wildman–Crippen LogP) is 3.32. The molecule has 0 spiro atoms. The lowest BCUT2D eigenvalue weighted by molar-refractivity contribution is -0.118. The molecule has 3 rings (SSSR count). The Morgan fingerprint density at radius 3 is 2.71 bits per heavy atom. The Labute approximate surface area is 139 Å². The zero-order valence-corrected chi connectivity index (χ0v) is 13.2. The summed E-state index contributed by atoms with van der Waals surface area (Å²) in [5.41, 5.74) is 1.40.